The van der Waals surface area contributed by atoms with E-state index in [1.54, 1.807) is 0 Å². The van der Waals surface area contributed by atoms with Gasteiger partial charge in [0, 0.05) is 31.4 Å². The van der Waals surface area contributed by atoms with Crippen molar-refractivity contribution in [2.24, 2.45) is 0 Å². The molecule has 1 nitrogen and oxygen atoms in total. The van der Waals surface area contributed by atoms with Gasteiger partial charge in [-0.25, -0.2) is 0 Å². The van der Waals surface area contributed by atoms with Crippen LogP contribution in [0.4, 0.5) is 17.1 Å². The lowest BCUT2D eigenvalue weighted by atomic mass is 9.91. The number of fused-ring (bicyclic) bond motifs is 6. The van der Waals surface area contributed by atoms with Crippen LogP contribution in [-0.2, 0) is 0 Å². The summed E-state index contributed by atoms with van der Waals surface area (Å²) >= 11 is 1.86. The molecule has 9 rings (SSSR count). The summed E-state index contributed by atoms with van der Waals surface area (Å²) in [7, 11) is 0. The number of benzene rings is 8. The van der Waals surface area contributed by atoms with Crippen LogP contribution in [0.3, 0.4) is 0 Å². The van der Waals surface area contributed by atoms with Gasteiger partial charge in [0.15, 0.2) is 0 Å². The fourth-order valence-electron chi connectivity index (χ4n) is 6.97. The zero-order chi connectivity index (χ0) is 30.5. The van der Waals surface area contributed by atoms with Crippen LogP contribution in [0, 0.1) is 0 Å². The molecule has 0 saturated heterocycles. The number of hydrogen-bond donors (Lipinski definition) is 0. The SMILES string of the molecule is c1ccc(-c2ccc(-c3cc4ccccc4c4ccccc34)cc2N(c2ccccc2)c2cccc3sc4ccccc4c23)cc1. The lowest BCUT2D eigenvalue weighted by Crippen LogP contribution is -2.11. The van der Waals surface area contributed by atoms with Gasteiger partial charge in [0.05, 0.1) is 11.4 Å². The van der Waals surface area contributed by atoms with Crippen molar-refractivity contribution in [3.8, 4) is 22.3 Å². The van der Waals surface area contributed by atoms with E-state index < -0.39 is 0 Å². The third-order valence-electron chi connectivity index (χ3n) is 9.04. The summed E-state index contributed by atoms with van der Waals surface area (Å²) in [6, 6.07) is 64.0. The van der Waals surface area contributed by atoms with Crippen LogP contribution >= 0.6 is 11.3 Å². The van der Waals surface area contributed by atoms with Crippen molar-refractivity contribution in [2.75, 3.05) is 4.90 Å². The smallest absolute Gasteiger partial charge is 0.0555 e. The maximum Gasteiger partial charge on any atom is 0.0555 e. The van der Waals surface area contributed by atoms with Crippen LogP contribution in [0.15, 0.2) is 176 Å². The molecule has 0 atom stereocenters. The number of anilines is 3. The third-order valence-corrected chi connectivity index (χ3v) is 10.2. The zero-order valence-corrected chi connectivity index (χ0v) is 25.9. The van der Waals surface area contributed by atoms with Crippen molar-refractivity contribution in [3.05, 3.63) is 176 Å². The summed E-state index contributed by atoms with van der Waals surface area (Å²) in [5, 5.41) is 7.64. The van der Waals surface area contributed by atoms with E-state index in [1.807, 2.05) is 11.3 Å². The fraction of sp³-hybridized carbons (Fsp3) is 0. The van der Waals surface area contributed by atoms with Crippen LogP contribution in [0.1, 0.15) is 0 Å². The van der Waals surface area contributed by atoms with Gasteiger partial charge in [-0.15, -0.1) is 11.3 Å². The minimum atomic E-state index is 1.13. The zero-order valence-electron chi connectivity index (χ0n) is 25.1. The van der Waals surface area contributed by atoms with Gasteiger partial charge in [0.25, 0.3) is 0 Å². The predicted octanol–water partition coefficient (Wildman–Crippen LogP) is 13.2. The van der Waals surface area contributed by atoms with Gasteiger partial charge in [0.1, 0.15) is 0 Å². The molecule has 2 heteroatoms. The molecule has 46 heavy (non-hydrogen) atoms. The number of nitrogens with zero attached hydrogens (tertiary/aromatic N) is 1. The summed E-state index contributed by atoms with van der Waals surface area (Å²) in [6.45, 7) is 0. The highest BCUT2D eigenvalue weighted by Gasteiger charge is 2.22. The first kappa shape index (κ1) is 26.7. The van der Waals surface area contributed by atoms with Crippen LogP contribution in [0.25, 0.3) is 64.0 Å². The Kier molecular flexibility index (Phi) is 6.40. The Morgan fingerprint density at radius 2 is 1.02 bits per heavy atom. The maximum absolute atomic E-state index is 2.47. The van der Waals surface area contributed by atoms with Gasteiger partial charge in [0.2, 0.25) is 0 Å². The first-order valence-electron chi connectivity index (χ1n) is 15.7. The maximum atomic E-state index is 2.47. The van der Waals surface area contributed by atoms with E-state index in [-0.39, 0.29) is 0 Å². The van der Waals surface area contributed by atoms with Gasteiger partial charge in [-0.3, -0.25) is 0 Å². The minimum absolute atomic E-state index is 1.13. The number of hydrogen-bond acceptors (Lipinski definition) is 2. The molecule has 0 bridgehead atoms. The molecule has 0 aliphatic heterocycles. The Bertz CT molecular complexity index is 2530. The number of thiophene rings is 1. The molecule has 9 aromatic rings. The number of para-hydroxylation sites is 1. The van der Waals surface area contributed by atoms with Crippen LogP contribution in [0.5, 0.6) is 0 Å². The average molecular weight is 604 g/mol. The molecule has 0 N–H and O–H groups in total. The second kappa shape index (κ2) is 11.0. The molecule has 0 radical (unpaired) electrons. The third kappa shape index (κ3) is 4.38. The Hall–Kier alpha value is -5.70. The predicted molar refractivity (Wildman–Crippen MR) is 200 cm³/mol. The molecule has 0 fully saturated rings. The Morgan fingerprint density at radius 1 is 0.370 bits per heavy atom. The Labute approximate surface area is 272 Å². The molecule has 1 aromatic heterocycles. The van der Waals surface area contributed by atoms with E-state index >= 15 is 0 Å². The van der Waals surface area contributed by atoms with Crippen LogP contribution < -0.4 is 4.90 Å². The van der Waals surface area contributed by atoms with Crippen molar-refractivity contribution < 1.29 is 0 Å². The quantitative estimate of drug-likeness (QED) is 0.177. The van der Waals surface area contributed by atoms with Gasteiger partial charge < -0.3 is 4.90 Å². The van der Waals surface area contributed by atoms with Crippen molar-refractivity contribution in [2.45, 2.75) is 0 Å². The van der Waals surface area contributed by atoms with E-state index in [2.05, 4.69) is 181 Å². The van der Waals surface area contributed by atoms with Crippen LogP contribution in [-0.4, -0.2) is 0 Å². The van der Waals surface area contributed by atoms with Gasteiger partial charge >= 0.3 is 0 Å². The topological polar surface area (TPSA) is 3.24 Å². The Balaban J connectivity index is 1.38. The van der Waals surface area contributed by atoms with Crippen LogP contribution in [0.2, 0.25) is 0 Å². The van der Waals surface area contributed by atoms with E-state index in [4.69, 9.17) is 0 Å². The molecule has 1 heterocycles. The van der Waals surface area contributed by atoms with Gasteiger partial charge in [-0.05, 0) is 80.7 Å². The summed E-state index contributed by atoms with van der Waals surface area (Å²) in [6.07, 6.45) is 0. The molecule has 0 unspecified atom stereocenters. The number of rotatable bonds is 5. The standard InChI is InChI=1S/C44H29NS/c1-3-14-30(15-4-1)35-27-26-32(39-28-31-16-7-8-19-34(31)36-20-9-10-21-37(36)39)29-41(35)45(33-17-5-2-6-18-33)40-23-13-25-43-44(40)38-22-11-12-24-42(38)46-43/h1-29H. The van der Waals surface area contributed by atoms with Gasteiger partial charge in [-0.1, -0.05) is 133 Å². The first-order chi connectivity index (χ1) is 22.8. The lowest BCUT2D eigenvalue weighted by Gasteiger charge is -2.29. The average Bonchev–Trinajstić information content (AvgIpc) is 3.52. The molecule has 0 spiro atoms. The largest absolute Gasteiger partial charge is 0.309 e. The highest BCUT2D eigenvalue weighted by atomic mass is 32.1. The minimum Gasteiger partial charge on any atom is -0.309 e. The van der Waals surface area contributed by atoms with Crippen molar-refractivity contribution in [1.29, 1.82) is 0 Å². The van der Waals surface area contributed by atoms with E-state index in [1.165, 1.54) is 69.7 Å². The van der Waals surface area contributed by atoms with E-state index in [9.17, 15) is 0 Å². The molecule has 0 aliphatic rings. The summed E-state index contributed by atoms with van der Waals surface area (Å²) in [5.41, 5.74) is 8.27. The van der Waals surface area contributed by atoms with E-state index in [0.29, 0.717) is 0 Å². The molecular weight excluding hydrogens is 575 g/mol. The van der Waals surface area contributed by atoms with Crippen molar-refractivity contribution >= 4 is 70.1 Å². The molecule has 0 amide bonds. The highest BCUT2D eigenvalue weighted by Crippen LogP contribution is 2.48. The molecule has 8 aromatic carbocycles. The second-order valence-electron chi connectivity index (χ2n) is 11.7. The van der Waals surface area contributed by atoms with E-state index in [0.717, 1.165) is 11.4 Å². The van der Waals surface area contributed by atoms with Crippen molar-refractivity contribution in [3.63, 3.8) is 0 Å². The lowest BCUT2D eigenvalue weighted by molar-refractivity contribution is 1.30. The fourth-order valence-corrected chi connectivity index (χ4v) is 8.09. The second-order valence-corrected chi connectivity index (χ2v) is 12.8. The molecule has 216 valence electrons. The molecular formula is C44H29NS. The molecule has 0 aliphatic carbocycles. The van der Waals surface area contributed by atoms with Crippen molar-refractivity contribution in [1.82, 2.24) is 0 Å². The highest BCUT2D eigenvalue weighted by molar-refractivity contribution is 7.26. The summed E-state index contributed by atoms with van der Waals surface area (Å²) in [4.78, 5) is 2.47. The Morgan fingerprint density at radius 3 is 1.85 bits per heavy atom. The van der Waals surface area contributed by atoms with Gasteiger partial charge in [-0.2, -0.15) is 0 Å². The normalized spacial score (nSPS) is 11.5. The molecule has 0 saturated carbocycles. The summed E-state index contributed by atoms with van der Waals surface area (Å²) in [5.74, 6) is 0. The first-order valence-corrected chi connectivity index (χ1v) is 16.5. The monoisotopic (exact) mass is 603 g/mol. The summed E-state index contributed by atoms with van der Waals surface area (Å²) < 4.78 is 2.59.